The molecular formula is C24H24FN3O4. The van der Waals surface area contributed by atoms with E-state index >= 15 is 0 Å². The van der Waals surface area contributed by atoms with Crippen molar-refractivity contribution in [2.75, 3.05) is 26.2 Å². The van der Waals surface area contributed by atoms with E-state index in [-0.39, 0.29) is 17.6 Å². The van der Waals surface area contributed by atoms with E-state index in [4.69, 9.17) is 9.26 Å². The van der Waals surface area contributed by atoms with Gasteiger partial charge in [0.1, 0.15) is 23.9 Å². The molecule has 1 aliphatic rings. The zero-order chi connectivity index (χ0) is 22.7. The van der Waals surface area contributed by atoms with Crippen molar-refractivity contribution >= 4 is 11.8 Å². The van der Waals surface area contributed by atoms with Gasteiger partial charge in [-0.25, -0.2) is 4.39 Å². The van der Waals surface area contributed by atoms with E-state index < -0.39 is 0 Å². The van der Waals surface area contributed by atoms with Gasteiger partial charge < -0.3 is 19.1 Å². The molecule has 8 heteroatoms. The fraction of sp³-hybridized carbons (Fsp3) is 0.292. The Morgan fingerprint density at radius 2 is 1.59 bits per heavy atom. The van der Waals surface area contributed by atoms with Crippen molar-refractivity contribution in [3.05, 3.63) is 82.5 Å². The lowest BCUT2D eigenvalue weighted by atomic mass is 10.1. The summed E-state index contributed by atoms with van der Waals surface area (Å²) < 4.78 is 24.1. The molecule has 3 aromatic rings. The van der Waals surface area contributed by atoms with Gasteiger partial charge >= 0.3 is 0 Å². The van der Waals surface area contributed by atoms with Crippen LogP contribution in [0.2, 0.25) is 0 Å². The SMILES string of the molecule is Cc1noc(C)c1COc1cccc(C(=O)N2CCN(C(=O)c3ccc(F)cc3)CC2)c1. The number of amides is 2. The number of benzene rings is 2. The van der Waals surface area contributed by atoms with Crippen molar-refractivity contribution in [1.82, 2.24) is 15.0 Å². The number of nitrogens with zero attached hydrogens (tertiary/aromatic N) is 3. The molecule has 0 atom stereocenters. The Hall–Kier alpha value is -3.68. The number of halogens is 1. The molecule has 0 saturated carbocycles. The molecule has 32 heavy (non-hydrogen) atoms. The number of ether oxygens (including phenoxy) is 1. The van der Waals surface area contributed by atoms with Gasteiger partial charge in [-0.1, -0.05) is 11.2 Å². The molecule has 1 aromatic heterocycles. The number of rotatable bonds is 5. The summed E-state index contributed by atoms with van der Waals surface area (Å²) in [6, 6.07) is 12.5. The van der Waals surface area contributed by atoms with Crippen molar-refractivity contribution in [3.63, 3.8) is 0 Å². The average molecular weight is 437 g/mol. The second-order valence-corrected chi connectivity index (χ2v) is 7.71. The molecule has 1 fully saturated rings. The maximum absolute atomic E-state index is 13.1. The molecule has 0 aliphatic carbocycles. The minimum absolute atomic E-state index is 0.110. The van der Waals surface area contributed by atoms with E-state index in [1.54, 1.807) is 34.1 Å². The fourth-order valence-corrected chi connectivity index (χ4v) is 3.65. The smallest absolute Gasteiger partial charge is 0.254 e. The first-order valence-electron chi connectivity index (χ1n) is 10.4. The summed E-state index contributed by atoms with van der Waals surface area (Å²) in [5.41, 5.74) is 2.64. The fourth-order valence-electron chi connectivity index (χ4n) is 3.65. The van der Waals surface area contributed by atoms with E-state index in [1.807, 2.05) is 13.8 Å². The molecule has 7 nitrogen and oxygen atoms in total. The molecule has 0 spiro atoms. The summed E-state index contributed by atoms with van der Waals surface area (Å²) in [6.07, 6.45) is 0. The normalized spacial score (nSPS) is 13.8. The molecular weight excluding hydrogens is 413 g/mol. The average Bonchev–Trinajstić information content (AvgIpc) is 3.14. The van der Waals surface area contributed by atoms with E-state index in [9.17, 15) is 14.0 Å². The summed E-state index contributed by atoms with van der Waals surface area (Å²) in [5, 5.41) is 3.92. The Bertz CT molecular complexity index is 1100. The molecule has 1 saturated heterocycles. The van der Waals surface area contributed by atoms with Crippen molar-refractivity contribution in [2.24, 2.45) is 0 Å². The van der Waals surface area contributed by atoms with Crippen LogP contribution in [-0.2, 0) is 6.61 Å². The van der Waals surface area contributed by atoms with Gasteiger partial charge in [0.05, 0.1) is 11.3 Å². The molecule has 0 unspecified atom stereocenters. The number of carbonyl (C=O) groups is 2. The van der Waals surface area contributed by atoms with Crippen LogP contribution in [0.3, 0.4) is 0 Å². The molecule has 1 aliphatic heterocycles. The molecule has 0 bridgehead atoms. The largest absolute Gasteiger partial charge is 0.489 e. The third-order valence-corrected chi connectivity index (χ3v) is 5.59. The molecule has 166 valence electrons. The molecule has 2 aromatic carbocycles. The quantitative estimate of drug-likeness (QED) is 0.610. The molecule has 0 radical (unpaired) electrons. The second kappa shape index (κ2) is 9.21. The Labute approximate surface area is 185 Å². The minimum Gasteiger partial charge on any atom is -0.489 e. The van der Waals surface area contributed by atoms with E-state index in [1.165, 1.54) is 24.3 Å². The topological polar surface area (TPSA) is 75.9 Å². The maximum atomic E-state index is 13.1. The van der Waals surface area contributed by atoms with Crippen LogP contribution in [0.15, 0.2) is 53.1 Å². The number of aromatic nitrogens is 1. The Morgan fingerprint density at radius 1 is 0.969 bits per heavy atom. The van der Waals surface area contributed by atoms with Gasteiger partial charge in [0, 0.05) is 37.3 Å². The lowest BCUT2D eigenvalue weighted by molar-refractivity contribution is 0.0535. The zero-order valence-electron chi connectivity index (χ0n) is 18.0. The van der Waals surface area contributed by atoms with E-state index in [2.05, 4.69) is 5.16 Å². The predicted molar refractivity (Wildman–Crippen MR) is 115 cm³/mol. The third kappa shape index (κ3) is 4.64. The molecule has 0 N–H and O–H groups in total. The van der Waals surface area contributed by atoms with Gasteiger partial charge in [-0.15, -0.1) is 0 Å². The minimum atomic E-state index is -0.380. The maximum Gasteiger partial charge on any atom is 0.254 e. The highest BCUT2D eigenvalue weighted by atomic mass is 19.1. The molecule has 2 amide bonds. The Balaban J connectivity index is 1.35. The molecule has 2 heterocycles. The van der Waals surface area contributed by atoms with Crippen LogP contribution in [0.1, 0.15) is 37.7 Å². The van der Waals surface area contributed by atoms with Gasteiger partial charge in [-0.2, -0.15) is 0 Å². The highest BCUT2D eigenvalue weighted by Gasteiger charge is 2.25. The van der Waals surface area contributed by atoms with Gasteiger partial charge in [-0.05, 0) is 56.3 Å². The van der Waals surface area contributed by atoms with Crippen LogP contribution in [0.4, 0.5) is 4.39 Å². The van der Waals surface area contributed by atoms with E-state index in [0.29, 0.717) is 55.4 Å². The number of hydrogen-bond donors (Lipinski definition) is 0. The number of carbonyl (C=O) groups excluding carboxylic acids is 2. The monoisotopic (exact) mass is 437 g/mol. The summed E-state index contributed by atoms with van der Waals surface area (Å²) in [7, 11) is 0. The van der Waals surface area contributed by atoms with Gasteiger partial charge in [0.15, 0.2) is 0 Å². The van der Waals surface area contributed by atoms with Crippen LogP contribution < -0.4 is 4.74 Å². The van der Waals surface area contributed by atoms with Crippen LogP contribution in [-0.4, -0.2) is 52.9 Å². The number of piperazine rings is 1. The van der Waals surface area contributed by atoms with Crippen molar-refractivity contribution in [2.45, 2.75) is 20.5 Å². The van der Waals surface area contributed by atoms with Crippen LogP contribution in [0.5, 0.6) is 5.75 Å². The van der Waals surface area contributed by atoms with Crippen LogP contribution in [0, 0.1) is 19.7 Å². The van der Waals surface area contributed by atoms with Gasteiger partial charge in [0.25, 0.3) is 11.8 Å². The summed E-state index contributed by atoms with van der Waals surface area (Å²) in [6.45, 7) is 5.69. The van der Waals surface area contributed by atoms with Crippen LogP contribution in [0.25, 0.3) is 0 Å². The van der Waals surface area contributed by atoms with Gasteiger partial charge in [-0.3, -0.25) is 9.59 Å². The summed E-state index contributed by atoms with van der Waals surface area (Å²) >= 11 is 0. The highest BCUT2D eigenvalue weighted by Crippen LogP contribution is 2.20. The first kappa shape index (κ1) is 21.5. The van der Waals surface area contributed by atoms with Crippen molar-refractivity contribution in [1.29, 1.82) is 0 Å². The highest BCUT2D eigenvalue weighted by molar-refractivity contribution is 5.96. The third-order valence-electron chi connectivity index (χ3n) is 5.59. The standard InChI is InChI=1S/C24H24FN3O4/c1-16-22(17(2)32-26-16)15-31-21-5-3-4-19(14-21)24(30)28-12-10-27(11-13-28)23(29)18-6-8-20(25)9-7-18/h3-9,14H,10-13,15H2,1-2H3. The number of hydrogen-bond acceptors (Lipinski definition) is 5. The summed E-state index contributed by atoms with van der Waals surface area (Å²) in [4.78, 5) is 29.0. The van der Waals surface area contributed by atoms with E-state index in [0.717, 1.165) is 11.3 Å². The number of aryl methyl sites for hydroxylation is 2. The lowest BCUT2D eigenvalue weighted by Crippen LogP contribution is -2.50. The van der Waals surface area contributed by atoms with Gasteiger partial charge in [0.2, 0.25) is 0 Å². The second-order valence-electron chi connectivity index (χ2n) is 7.71. The predicted octanol–water partition coefficient (Wildman–Crippen LogP) is 3.61. The lowest BCUT2D eigenvalue weighted by Gasteiger charge is -2.35. The Morgan fingerprint density at radius 3 is 2.19 bits per heavy atom. The molecule has 4 rings (SSSR count). The first-order valence-corrected chi connectivity index (χ1v) is 10.4. The van der Waals surface area contributed by atoms with Crippen molar-refractivity contribution < 1.29 is 23.2 Å². The zero-order valence-corrected chi connectivity index (χ0v) is 18.0. The summed E-state index contributed by atoms with van der Waals surface area (Å²) in [5.74, 6) is 0.645. The first-order chi connectivity index (χ1) is 15.4. The van der Waals surface area contributed by atoms with Crippen LogP contribution >= 0.6 is 0 Å². The van der Waals surface area contributed by atoms with Crippen molar-refractivity contribution in [3.8, 4) is 5.75 Å². The Kier molecular flexibility index (Phi) is 6.20.